The van der Waals surface area contributed by atoms with E-state index in [0.717, 1.165) is 23.8 Å². The number of para-hydroxylation sites is 1. The van der Waals surface area contributed by atoms with Gasteiger partial charge in [-0.2, -0.15) is 18.3 Å². The highest BCUT2D eigenvalue weighted by molar-refractivity contribution is 6.33. The van der Waals surface area contributed by atoms with Crippen LogP contribution in [0.25, 0.3) is 16.9 Å². The first-order chi connectivity index (χ1) is 19.7. The average molecular weight is 576 g/mol. The van der Waals surface area contributed by atoms with Gasteiger partial charge in [0.05, 0.1) is 27.7 Å². The highest BCUT2D eigenvalue weighted by Gasteiger charge is 2.32. The zero-order valence-corrected chi connectivity index (χ0v) is 21.9. The van der Waals surface area contributed by atoms with Gasteiger partial charge >= 0.3 is 12.1 Å². The lowest BCUT2D eigenvalue weighted by Crippen LogP contribution is -2.27. The predicted octanol–water partition coefficient (Wildman–Crippen LogP) is 7.75. The van der Waals surface area contributed by atoms with Gasteiger partial charge in [0.2, 0.25) is 6.10 Å². The molecule has 5 aromatic rings. The molecule has 0 fully saturated rings. The highest BCUT2D eigenvalue weighted by Crippen LogP contribution is 2.34. The van der Waals surface area contributed by atoms with Gasteiger partial charge in [0.1, 0.15) is 0 Å². The number of carbonyl (C=O) groups excluding carboxylic acids is 2. The van der Waals surface area contributed by atoms with E-state index in [1.807, 2.05) is 36.4 Å². The molecular weight excluding hydrogens is 555 g/mol. The number of anilines is 1. The highest BCUT2D eigenvalue weighted by atomic mass is 35.5. The van der Waals surface area contributed by atoms with Gasteiger partial charge in [-0.05, 0) is 36.4 Å². The number of alkyl halides is 3. The average Bonchev–Trinajstić information content (AvgIpc) is 3.43. The van der Waals surface area contributed by atoms with Gasteiger partial charge in [0.25, 0.3) is 5.91 Å². The standard InChI is InChI=1S/C31H21ClF3N3O3/c32-24-17-16-22(31(33,34)35)18-26(24)36-29(39)28(21-12-6-2-7-13-21)41-30(40)27-19-25(20-10-4-1-5-11-20)37-38(27)23-14-8-3-9-15-23/h1-19,28H,(H,36,39). The van der Waals surface area contributed by atoms with Crippen LogP contribution in [0, 0.1) is 0 Å². The number of aromatic nitrogens is 2. The number of hydrogen-bond donors (Lipinski definition) is 1. The summed E-state index contributed by atoms with van der Waals surface area (Å²) < 4.78 is 47.0. The molecule has 0 saturated carbocycles. The maximum Gasteiger partial charge on any atom is 0.416 e. The molecule has 0 saturated heterocycles. The molecule has 0 aliphatic rings. The number of benzene rings is 4. The van der Waals surface area contributed by atoms with Gasteiger partial charge in [-0.15, -0.1) is 0 Å². The molecule has 1 amide bonds. The van der Waals surface area contributed by atoms with Crippen molar-refractivity contribution < 1.29 is 27.5 Å². The van der Waals surface area contributed by atoms with Crippen LogP contribution in [0.2, 0.25) is 5.02 Å². The van der Waals surface area contributed by atoms with Gasteiger partial charge in [0, 0.05) is 11.1 Å². The first-order valence-electron chi connectivity index (χ1n) is 12.3. The monoisotopic (exact) mass is 575 g/mol. The Morgan fingerprint density at radius 2 is 1.44 bits per heavy atom. The summed E-state index contributed by atoms with van der Waals surface area (Å²) in [5.41, 5.74) is 0.912. The molecule has 206 valence electrons. The van der Waals surface area contributed by atoms with Gasteiger partial charge in [-0.3, -0.25) is 4.79 Å². The number of carbonyl (C=O) groups is 2. The van der Waals surface area contributed by atoms with Crippen molar-refractivity contribution in [3.63, 3.8) is 0 Å². The number of ether oxygens (including phenoxy) is 1. The molecule has 5 rings (SSSR count). The number of nitrogens with zero attached hydrogens (tertiary/aromatic N) is 2. The Hall–Kier alpha value is -4.89. The predicted molar refractivity (Wildman–Crippen MR) is 149 cm³/mol. The van der Waals surface area contributed by atoms with Crippen LogP contribution in [-0.4, -0.2) is 21.7 Å². The molecule has 0 radical (unpaired) electrons. The summed E-state index contributed by atoms with van der Waals surface area (Å²) in [4.78, 5) is 27.1. The van der Waals surface area contributed by atoms with Gasteiger partial charge < -0.3 is 10.1 Å². The Bertz CT molecular complexity index is 1680. The summed E-state index contributed by atoms with van der Waals surface area (Å²) in [5.74, 6) is -1.76. The third-order valence-electron chi connectivity index (χ3n) is 6.11. The summed E-state index contributed by atoms with van der Waals surface area (Å²) in [5, 5.41) is 6.87. The minimum Gasteiger partial charge on any atom is -0.443 e. The van der Waals surface area contributed by atoms with Gasteiger partial charge in [-0.1, -0.05) is 90.5 Å². The Morgan fingerprint density at radius 1 is 0.829 bits per heavy atom. The van der Waals surface area contributed by atoms with Crippen molar-refractivity contribution in [2.75, 3.05) is 5.32 Å². The van der Waals surface area contributed by atoms with Crippen LogP contribution in [0.3, 0.4) is 0 Å². The quantitative estimate of drug-likeness (QED) is 0.201. The Balaban J connectivity index is 1.50. The fraction of sp³-hybridized carbons (Fsp3) is 0.0645. The van der Waals surface area contributed by atoms with Crippen molar-refractivity contribution in [3.05, 3.63) is 137 Å². The van der Waals surface area contributed by atoms with Gasteiger partial charge in [-0.25, -0.2) is 9.48 Å². The number of rotatable bonds is 7. The van der Waals surface area contributed by atoms with Crippen LogP contribution in [0.15, 0.2) is 115 Å². The zero-order valence-electron chi connectivity index (χ0n) is 21.2. The molecule has 41 heavy (non-hydrogen) atoms. The molecule has 1 heterocycles. The van der Waals surface area contributed by atoms with Crippen molar-refractivity contribution in [1.82, 2.24) is 9.78 Å². The van der Waals surface area contributed by atoms with Crippen LogP contribution >= 0.6 is 11.6 Å². The second kappa shape index (κ2) is 11.7. The van der Waals surface area contributed by atoms with Crippen molar-refractivity contribution in [1.29, 1.82) is 0 Å². The lowest BCUT2D eigenvalue weighted by molar-refractivity contribution is -0.137. The van der Waals surface area contributed by atoms with E-state index >= 15 is 0 Å². The molecule has 1 aromatic heterocycles. The van der Waals surface area contributed by atoms with Crippen LogP contribution < -0.4 is 5.32 Å². The summed E-state index contributed by atoms with van der Waals surface area (Å²) in [6.07, 6.45) is -6.17. The molecule has 6 nitrogen and oxygen atoms in total. The van der Waals surface area contributed by atoms with Gasteiger partial charge in [0.15, 0.2) is 5.69 Å². The summed E-state index contributed by atoms with van der Waals surface area (Å²) in [6, 6.07) is 30.3. The van der Waals surface area contributed by atoms with Crippen LogP contribution in [0.4, 0.5) is 18.9 Å². The Morgan fingerprint density at radius 3 is 2.07 bits per heavy atom. The molecule has 1 N–H and O–H groups in total. The van der Waals surface area contributed by atoms with E-state index in [-0.39, 0.29) is 16.4 Å². The SMILES string of the molecule is O=C(OC(C(=O)Nc1cc(C(F)(F)F)ccc1Cl)c1ccccc1)c1cc(-c2ccccc2)nn1-c1ccccc1. The molecule has 4 aromatic carbocycles. The fourth-order valence-electron chi connectivity index (χ4n) is 4.11. The van der Waals surface area contributed by atoms with E-state index in [1.54, 1.807) is 60.7 Å². The maximum atomic E-state index is 13.6. The van der Waals surface area contributed by atoms with Crippen LogP contribution in [-0.2, 0) is 15.7 Å². The third kappa shape index (κ3) is 6.31. The molecule has 0 aliphatic carbocycles. The fourth-order valence-corrected chi connectivity index (χ4v) is 4.27. The van der Waals surface area contributed by atoms with Crippen molar-refractivity contribution in [2.24, 2.45) is 0 Å². The Labute approximate surface area is 238 Å². The molecule has 1 unspecified atom stereocenters. The van der Waals surface area contributed by atoms with E-state index in [1.165, 1.54) is 4.68 Å². The largest absolute Gasteiger partial charge is 0.443 e. The molecule has 0 aliphatic heterocycles. The van der Waals surface area contributed by atoms with E-state index in [9.17, 15) is 22.8 Å². The molecular formula is C31H21ClF3N3O3. The van der Waals surface area contributed by atoms with Crippen LogP contribution in [0.5, 0.6) is 0 Å². The Kier molecular flexibility index (Phi) is 7.89. The van der Waals surface area contributed by atoms with Crippen molar-refractivity contribution >= 4 is 29.2 Å². The number of hydrogen-bond acceptors (Lipinski definition) is 4. The van der Waals surface area contributed by atoms with E-state index in [0.29, 0.717) is 16.9 Å². The van der Waals surface area contributed by atoms with Crippen molar-refractivity contribution in [2.45, 2.75) is 12.3 Å². The number of amides is 1. The van der Waals surface area contributed by atoms with E-state index in [4.69, 9.17) is 16.3 Å². The number of esters is 1. The van der Waals surface area contributed by atoms with Crippen LogP contribution in [0.1, 0.15) is 27.7 Å². The second-order valence-corrected chi connectivity index (χ2v) is 9.31. The van der Waals surface area contributed by atoms with E-state index < -0.39 is 29.7 Å². The normalized spacial score (nSPS) is 12.0. The third-order valence-corrected chi connectivity index (χ3v) is 6.44. The maximum absolute atomic E-state index is 13.6. The first-order valence-corrected chi connectivity index (χ1v) is 12.7. The molecule has 0 bridgehead atoms. The molecule has 10 heteroatoms. The smallest absolute Gasteiger partial charge is 0.416 e. The minimum atomic E-state index is -4.65. The first kappa shape index (κ1) is 27.7. The molecule has 0 spiro atoms. The minimum absolute atomic E-state index is 0.0425. The summed E-state index contributed by atoms with van der Waals surface area (Å²) in [6.45, 7) is 0. The van der Waals surface area contributed by atoms with Crippen molar-refractivity contribution in [3.8, 4) is 16.9 Å². The topological polar surface area (TPSA) is 73.2 Å². The molecule has 1 atom stereocenters. The number of nitrogens with one attached hydrogen (secondary N) is 1. The second-order valence-electron chi connectivity index (χ2n) is 8.91. The summed E-state index contributed by atoms with van der Waals surface area (Å²) in [7, 11) is 0. The number of halogens is 4. The lowest BCUT2D eigenvalue weighted by atomic mass is 10.1. The lowest BCUT2D eigenvalue weighted by Gasteiger charge is -2.19. The summed E-state index contributed by atoms with van der Waals surface area (Å²) >= 11 is 6.09. The van der Waals surface area contributed by atoms with E-state index in [2.05, 4.69) is 10.4 Å². The zero-order chi connectivity index (χ0) is 29.0.